The highest BCUT2D eigenvalue weighted by atomic mass is 16.6. The van der Waals surface area contributed by atoms with Crippen molar-refractivity contribution in [1.29, 1.82) is 0 Å². The monoisotopic (exact) mass is 280 g/mol. The van der Waals surface area contributed by atoms with Gasteiger partial charge in [0.15, 0.2) is 0 Å². The van der Waals surface area contributed by atoms with Crippen molar-refractivity contribution in [3.05, 3.63) is 39.4 Å². The van der Waals surface area contributed by atoms with Crippen molar-refractivity contribution in [1.82, 2.24) is 4.90 Å². The minimum atomic E-state index is -0.620. The van der Waals surface area contributed by atoms with Crippen LogP contribution in [0.1, 0.15) is 20.7 Å². The first-order valence-electron chi connectivity index (χ1n) is 5.89. The summed E-state index contributed by atoms with van der Waals surface area (Å²) < 4.78 is 5.00. The molecule has 0 saturated carbocycles. The molecular formula is C12H12N2O6. The summed E-state index contributed by atoms with van der Waals surface area (Å²) in [5.74, 6) is -1.06. The lowest BCUT2D eigenvalue weighted by Crippen LogP contribution is -2.33. The number of nitro benzene ring substituents is 1. The Bertz CT molecular complexity index is 571. The molecule has 0 aromatic heterocycles. The summed E-state index contributed by atoms with van der Waals surface area (Å²) in [5.41, 5.74) is -0.0441. The average molecular weight is 280 g/mol. The highest BCUT2D eigenvalue weighted by Crippen LogP contribution is 2.26. The third kappa shape index (κ3) is 2.51. The fourth-order valence-corrected chi connectivity index (χ4v) is 1.92. The van der Waals surface area contributed by atoms with E-state index in [1.54, 1.807) is 0 Å². The van der Waals surface area contributed by atoms with E-state index in [1.807, 2.05) is 0 Å². The van der Waals surface area contributed by atoms with Gasteiger partial charge in [0.1, 0.15) is 0 Å². The van der Waals surface area contributed by atoms with E-state index in [0.29, 0.717) is 0 Å². The molecule has 0 atom stereocenters. The van der Waals surface area contributed by atoms with Gasteiger partial charge in [-0.05, 0) is 6.07 Å². The number of aliphatic hydroxyl groups excluding tert-OH is 1. The molecule has 0 saturated heterocycles. The van der Waals surface area contributed by atoms with Gasteiger partial charge < -0.3 is 9.84 Å². The maximum atomic E-state index is 12.0. The molecule has 0 aliphatic carbocycles. The topological polar surface area (TPSA) is 110 Å². The van der Waals surface area contributed by atoms with Gasteiger partial charge in [-0.15, -0.1) is 0 Å². The van der Waals surface area contributed by atoms with Crippen LogP contribution in [0.2, 0.25) is 0 Å². The molecule has 1 aromatic rings. The van der Waals surface area contributed by atoms with Crippen LogP contribution in [0.25, 0.3) is 0 Å². The lowest BCUT2D eigenvalue weighted by atomic mass is 10.1. The number of nitro groups is 1. The Balaban J connectivity index is 2.15. The van der Waals surface area contributed by atoms with Gasteiger partial charge in [0.25, 0.3) is 17.5 Å². The average Bonchev–Trinajstić information content (AvgIpc) is 2.67. The Hall–Kier alpha value is -2.32. The maximum Gasteiger partial charge on any atom is 0.270 e. The van der Waals surface area contributed by atoms with E-state index < -0.39 is 16.7 Å². The summed E-state index contributed by atoms with van der Waals surface area (Å²) in [5, 5.41) is 19.2. The van der Waals surface area contributed by atoms with E-state index in [9.17, 15) is 19.7 Å². The number of rotatable bonds is 6. The van der Waals surface area contributed by atoms with Crippen LogP contribution in [0.15, 0.2) is 18.2 Å². The first-order chi connectivity index (χ1) is 9.56. The SMILES string of the molecule is O=C1c2ccc([N+](=O)[O-])cc2C(=O)N1CCOCCO. The summed E-state index contributed by atoms with van der Waals surface area (Å²) in [6.07, 6.45) is 0. The van der Waals surface area contributed by atoms with E-state index in [1.165, 1.54) is 12.1 Å². The highest BCUT2D eigenvalue weighted by Gasteiger charge is 2.36. The Morgan fingerprint density at radius 2 is 1.90 bits per heavy atom. The number of non-ortho nitro benzene ring substituents is 1. The van der Waals surface area contributed by atoms with Gasteiger partial charge in [-0.2, -0.15) is 0 Å². The van der Waals surface area contributed by atoms with Gasteiger partial charge in [0.2, 0.25) is 0 Å². The standard InChI is InChI=1S/C12H12N2O6/c15-4-6-20-5-3-13-11(16)9-2-1-8(14(18)19)7-10(9)12(13)17/h1-2,7,15H,3-6H2. The second kappa shape index (κ2) is 5.76. The number of ether oxygens (including phenoxy) is 1. The largest absolute Gasteiger partial charge is 0.394 e. The number of amides is 2. The number of hydrogen-bond donors (Lipinski definition) is 1. The number of hydrogen-bond acceptors (Lipinski definition) is 6. The molecule has 8 heteroatoms. The molecule has 0 spiro atoms. The van der Waals surface area contributed by atoms with Crippen LogP contribution in [0, 0.1) is 10.1 Å². The first kappa shape index (κ1) is 14.1. The maximum absolute atomic E-state index is 12.0. The van der Waals surface area contributed by atoms with Crippen LogP contribution in [-0.2, 0) is 4.74 Å². The molecule has 0 fully saturated rings. The van der Waals surface area contributed by atoms with Crippen molar-refractivity contribution in [2.24, 2.45) is 0 Å². The minimum Gasteiger partial charge on any atom is -0.394 e. The Kier molecular flexibility index (Phi) is 4.06. The number of fused-ring (bicyclic) bond motifs is 1. The normalized spacial score (nSPS) is 13.8. The van der Waals surface area contributed by atoms with E-state index in [0.717, 1.165) is 11.0 Å². The molecule has 0 bridgehead atoms. The number of carbonyl (C=O) groups excluding carboxylic acids is 2. The number of nitrogens with zero attached hydrogens (tertiary/aromatic N) is 2. The predicted molar refractivity (Wildman–Crippen MR) is 66.4 cm³/mol. The quantitative estimate of drug-likeness (QED) is 0.345. The molecule has 2 rings (SSSR count). The summed E-state index contributed by atoms with van der Waals surface area (Å²) in [6, 6.07) is 3.57. The molecule has 1 heterocycles. The lowest BCUT2D eigenvalue weighted by molar-refractivity contribution is -0.384. The molecule has 1 aromatic carbocycles. The van der Waals surface area contributed by atoms with Crippen molar-refractivity contribution in [2.45, 2.75) is 0 Å². The second-order valence-electron chi connectivity index (χ2n) is 4.08. The van der Waals surface area contributed by atoms with E-state index in [2.05, 4.69) is 0 Å². The number of imide groups is 1. The molecule has 20 heavy (non-hydrogen) atoms. The molecule has 8 nitrogen and oxygen atoms in total. The fraction of sp³-hybridized carbons (Fsp3) is 0.333. The highest BCUT2D eigenvalue weighted by molar-refractivity contribution is 6.21. The van der Waals surface area contributed by atoms with Gasteiger partial charge >= 0.3 is 0 Å². The molecule has 1 aliphatic heterocycles. The Labute approximate surface area is 113 Å². The Morgan fingerprint density at radius 3 is 2.55 bits per heavy atom. The molecule has 2 amide bonds. The van der Waals surface area contributed by atoms with E-state index >= 15 is 0 Å². The zero-order valence-corrected chi connectivity index (χ0v) is 10.4. The Morgan fingerprint density at radius 1 is 1.20 bits per heavy atom. The summed E-state index contributed by atoms with van der Waals surface area (Å²) in [6.45, 7) is 0.122. The van der Waals surface area contributed by atoms with Crippen molar-refractivity contribution in [3.63, 3.8) is 0 Å². The molecule has 0 radical (unpaired) electrons. The zero-order chi connectivity index (χ0) is 14.7. The lowest BCUT2D eigenvalue weighted by Gasteiger charge is -2.13. The second-order valence-corrected chi connectivity index (χ2v) is 4.08. The predicted octanol–water partition coefficient (Wildman–Crippen LogP) is 0.200. The molecule has 0 unspecified atom stereocenters. The van der Waals surface area contributed by atoms with Crippen LogP contribution in [0.4, 0.5) is 5.69 Å². The van der Waals surface area contributed by atoms with Crippen LogP contribution < -0.4 is 0 Å². The third-order valence-electron chi connectivity index (χ3n) is 2.86. The van der Waals surface area contributed by atoms with Gasteiger partial charge in [-0.3, -0.25) is 24.6 Å². The van der Waals surface area contributed by atoms with Crippen molar-refractivity contribution in [2.75, 3.05) is 26.4 Å². The number of aliphatic hydroxyl groups is 1. The van der Waals surface area contributed by atoms with Gasteiger partial charge in [-0.25, -0.2) is 0 Å². The summed E-state index contributed by atoms with van der Waals surface area (Å²) in [4.78, 5) is 35.0. The van der Waals surface area contributed by atoms with E-state index in [-0.39, 0.29) is 43.2 Å². The van der Waals surface area contributed by atoms with Gasteiger partial charge in [0.05, 0.1) is 42.4 Å². The van der Waals surface area contributed by atoms with Crippen LogP contribution >= 0.6 is 0 Å². The molecule has 1 aliphatic rings. The fourth-order valence-electron chi connectivity index (χ4n) is 1.92. The number of carbonyl (C=O) groups is 2. The first-order valence-corrected chi connectivity index (χ1v) is 5.89. The zero-order valence-electron chi connectivity index (χ0n) is 10.4. The van der Waals surface area contributed by atoms with E-state index in [4.69, 9.17) is 9.84 Å². The van der Waals surface area contributed by atoms with Crippen molar-refractivity contribution in [3.8, 4) is 0 Å². The molecular weight excluding hydrogens is 268 g/mol. The smallest absolute Gasteiger partial charge is 0.270 e. The van der Waals surface area contributed by atoms with Crippen molar-refractivity contribution >= 4 is 17.5 Å². The van der Waals surface area contributed by atoms with Crippen molar-refractivity contribution < 1.29 is 24.4 Å². The third-order valence-corrected chi connectivity index (χ3v) is 2.86. The van der Waals surface area contributed by atoms with Gasteiger partial charge in [-0.1, -0.05) is 0 Å². The number of benzene rings is 1. The summed E-state index contributed by atoms with van der Waals surface area (Å²) >= 11 is 0. The van der Waals surface area contributed by atoms with Crippen LogP contribution in [-0.4, -0.2) is 53.1 Å². The minimum absolute atomic E-state index is 0.0337. The molecule has 106 valence electrons. The van der Waals surface area contributed by atoms with Gasteiger partial charge in [0, 0.05) is 12.1 Å². The van der Waals surface area contributed by atoms with Crippen LogP contribution in [0.3, 0.4) is 0 Å². The van der Waals surface area contributed by atoms with Crippen LogP contribution in [0.5, 0.6) is 0 Å². The molecule has 1 N–H and O–H groups in total. The summed E-state index contributed by atoms with van der Waals surface area (Å²) in [7, 11) is 0.